The van der Waals surface area contributed by atoms with Gasteiger partial charge < -0.3 is 10.4 Å². The Morgan fingerprint density at radius 3 is 2.75 bits per heavy atom. The van der Waals surface area contributed by atoms with Crippen LogP contribution in [0.4, 0.5) is 0 Å². The van der Waals surface area contributed by atoms with Gasteiger partial charge in [0.2, 0.25) is 5.91 Å². The minimum absolute atomic E-state index is 0.0474. The first-order valence-electron chi connectivity index (χ1n) is 5.67. The van der Waals surface area contributed by atoms with Crippen LogP contribution < -0.4 is 5.32 Å². The van der Waals surface area contributed by atoms with E-state index in [1.54, 1.807) is 0 Å². The molecule has 0 heterocycles. The zero-order valence-corrected chi connectivity index (χ0v) is 9.44. The zero-order chi connectivity index (χ0) is 11.5. The van der Waals surface area contributed by atoms with Gasteiger partial charge in [0.05, 0.1) is 12.5 Å². The fourth-order valence-corrected chi connectivity index (χ4v) is 1.97. The molecule has 0 aromatic heterocycles. The van der Waals surface area contributed by atoms with Gasteiger partial charge in [0.1, 0.15) is 0 Å². The Hall–Kier alpha value is -1.35. The number of aliphatic hydroxyl groups excluding tert-OH is 1. The van der Waals surface area contributed by atoms with Crippen molar-refractivity contribution in [2.75, 3.05) is 0 Å². The maximum Gasteiger partial charge on any atom is 0.224 e. The van der Waals surface area contributed by atoms with E-state index >= 15 is 0 Å². The molecule has 3 heteroatoms. The standard InChI is InChI=1S/C13H17NO2/c1-9-4-2-3-5-10(9)6-13(16)14-11-7-12(15)8-11/h2-5,11-12,15H,6-8H2,1H3,(H,14,16). The van der Waals surface area contributed by atoms with Gasteiger partial charge in [-0.1, -0.05) is 24.3 Å². The van der Waals surface area contributed by atoms with Crippen LogP contribution in [0.2, 0.25) is 0 Å². The number of aryl methyl sites for hydroxylation is 1. The van der Waals surface area contributed by atoms with E-state index in [4.69, 9.17) is 5.11 Å². The number of rotatable bonds is 3. The summed E-state index contributed by atoms with van der Waals surface area (Å²) in [6.45, 7) is 2.01. The van der Waals surface area contributed by atoms with E-state index in [2.05, 4.69) is 5.32 Å². The van der Waals surface area contributed by atoms with Crippen molar-refractivity contribution in [2.24, 2.45) is 0 Å². The molecule has 0 atom stereocenters. The number of benzene rings is 1. The van der Waals surface area contributed by atoms with Gasteiger partial charge in [-0.25, -0.2) is 0 Å². The summed E-state index contributed by atoms with van der Waals surface area (Å²) >= 11 is 0. The Morgan fingerprint density at radius 1 is 1.44 bits per heavy atom. The molecule has 86 valence electrons. The summed E-state index contributed by atoms with van der Waals surface area (Å²) in [5.74, 6) is 0.0474. The number of nitrogens with one attached hydrogen (secondary N) is 1. The molecule has 1 aromatic rings. The third kappa shape index (κ3) is 2.61. The number of carbonyl (C=O) groups is 1. The number of amides is 1. The van der Waals surface area contributed by atoms with Gasteiger partial charge in [-0.2, -0.15) is 0 Å². The maximum atomic E-state index is 11.7. The highest BCUT2D eigenvalue weighted by Crippen LogP contribution is 2.19. The predicted octanol–water partition coefficient (Wildman–Crippen LogP) is 1.18. The van der Waals surface area contributed by atoms with Crippen molar-refractivity contribution >= 4 is 5.91 Å². The van der Waals surface area contributed by atoms with Crippen molar-refractivity contribution in [2.45, 2.75) is 38.3 Å². The molecule has 0 aliphatic heterocycles. The lowest BCUT2D eigenvalue weighted by atomic mass is 9.89. The highest BCUT2D eigenvalue weighted by molar-refractivity contribution is 5.79. The summed E-state index contributed by atoms with van der Waals surface area (Å²) in [5, 5.41) is 12.0. The second-order valence-electron chi connectivity index (χ2n) is 4.49. The Labute approximate surface area is 95.5 Å². The predicted molar refractivity (Wildman–Crippen MR) is 62.1 cm³/mol. The Bertz CT molecular complexity index is 383. The minimum atomic E-state index is -0.219. The van der Waals surface area contributed by atoms with Gasteiger partial charge in [-0.05, 0) is 30.9 Å². The molecule has 1 saturated carbocycles. The topological polar surface area (TPSA) is 49.3 Å². The molecule has 0 saturated heterocycles. The molecule has 1 fully saturated rings. The fraction of sp³-hybridized carbons (Fsp3) is 0.462. The second-order valence-corrected chi connectivity index (χ2v) is 4.49. The number of carbonyl (C=O) groups excluding carboxylic acids is 1. The van der Waals surface area contributed by atoms with E-state index in [9.17, 15) is 4.79 Å². The number of hydrogen-bond donors (Lipinski definition) is 2. The van der Waals surface area contributed by atoms with Crippen molar-refractivity contribution in [1.29, 1.82) is 0 Å². The van der Waals surface area contributed by atoms with E-state index in [0.29, 0.717) is 19.3 Å². The van der Waals surface area contributed by atoms with Crippen molar-refractivity contribution in [3.8, 4) is 0 Å². The van der Waals surface area contributed by atoms with E-state index in [0.717, 1.165) is 11.1 Å². The van der Waals surface area contributed by atoms with Crippen LogP contribution in [0, 0.1) is 6.92 Å². The van der Waals surface area contributed by atoms with E-state index in [1.807, 2.05) is 31.2 Å². The molecule has 0 unspecified atom stereocenters. The first kappa shape index (κ1) is 11.1. The van der Waals surface area contributed by atoms with Gasteiger partial charge in [0, 0.05) is 6.04 Å². The van der Waals surface area contributed by atoms with Gasteiger partial charge in [0.25, 0.3) is 0 Å². The lowest BCUT2D eigenvalue weighted by molar-refractivity contribution is -0.122. The van der Waals surface area contributed by atoms with E-state index < -0.39 is 0 Å². The molecule has 1 aliphatic rings. The van der Waals surface area contributed by atoms with Crippen LogP contribution >= 0.6 is 0 Å². The minimum Gasteiger partial charge on any atom is -0.393 e. The summed E-state index contributed by atoms with van der Waals surface area (Å²) < 4.78 is 0. The monoisotopic (exact) mass is 219 g/mol. The van der Waals surface area contributed by atoms with Crippen LogP contribution in [0.1, 0.15) is 24.0 Å². The summed E-state index contributed by atoms with van der Waals surface area (Å²) in [5.41, 5.74) is 2.21. The average Bonchev–Trinajstić information content (AvgIpc) is 2.19. The normalized spacial score (nSPS) is 23.6. The lowest BCUT2D eigenvalue weighted by Crippen LogP contribution is -2.47. The molecule has 0 radical (unpaired) electrons. The van der Waals surface area contributed by atoms with Crippen LogP contribution in [0.25, 0.3) is 0 Å². The van der Waals surface area contributed by atoms with E-state index in [-0.39, 0.29) is 18.1 Å². The van der Waals surface area contributed by atoms with Crippen LogP contribution in [0.15, 0.2) is 24.3 Å². The Balaban J connectivity index is 1.85. The molecule has 1 aliphatic carbocycles. The van der Waals surface area contributed by atoms with Crippen molar-refractivity contribution < 1.29 is 9.90 Å². The number of aliphatic hydroxyl groups is 1. The molecule has 1 amide bonds. The zero-order valence-electron chi connectivity index (χ0n) is 9.44. The van der Waals surface area contributed by atoms with Crippen LogP contribution in [-0.2, 0) is 11.2 Å². The molecule has 2 N–H and O–H groups in total. The molecule has 2 rings (SSSR count). The largest absolute Gasteiger partial charge is 0.393 e. The first-order valence-corrected chi connectivity index (χ1v) is 5.67. The van der Waals surface area contributed by atoms with Gasteiger partial charge >= 0.3 is 0 Å². The smallest absolute Gasteiger partial charge is 0.224 e. The summed E-state index contributed by atoms with van der Waals surface area (Å²) in [7, 11) is 0. The van der Waals surface area contributed by atoms with Crippen molar-refractivity contribution in [3.63, 3.8) is 0 Å². The number of hydrogen-bond acceptors (Lipinski definition) is 2. The van der Waals surface area contributed by atoms with Crippen molar-refractivity contribution in [1.82, 2.24) is 5.32 Å². The van der Waals surface area contributed by atoms with E-state index in [1.165, 1.54) is 0 Å². The van der Waals surface area contributed by atoms with Crippen LogP contribution in [0.3, 0.4) is 0 Å². The summed E-state index contributed by atoms with van der Waals surface area (Å²) in [6, 6.07) is 8.08. The molecule has 0 spiro atoms. The maximum absolute atomic E-state index is 11.7. The van der Waals surface area contributed by atoms with Gasteiger partial charge in [-0.3, -0.25) is 4.79 Å². The second kappa shape index (κ2) is 4.66. The fourth-order valence-electron chi connectivity index (χ4n) is 1.97. The molecular weight excluding hydrogens is 202 g/mol. The highest BCUT2D eigenvalue weighted by Gasteiger charge is 2.28. The van der Waals surface area contributed by atoms with Crippen molar-refractivity contribution in [3.05, 3.63) is 35.4 Å². The van der Waals surface area contributed by atoms with Crippen LogP contribution in [0.5, 0.6) is 0 Å². The average molecular weight is 219 g/mol. The summed E-state index contributed by atoms with van der Waals surface area (Å²) in [6.07, 6.45) is 1.60. The Kier molecular flexibility index (Phi) is 3.25. The molecular formula is C13H17NO2. The third-order valence-corrected chi connectivity index (χ3v) is 3.09. The molecule has 16 heavy (non-hydrogen) atoms. The highest BCUT2D eigenvalue weighted by atomic mass is 16.3. The Morgan fingerprint density at radius 2 is 2.12 bits per heavy atom. The summed E-state index contributed by atoms with van der Waals surface area (Å²) in [4.78, 5) is 11.7. The molecule has 1 aromatic carbocycles. The third-order valence-electron chi connectivity index (χ3n) is 3.09. The molecule has 3 nitrogen and oxygen atoms in total. The quantitative estimate of drug-likeness (QED) is 0.802. The van der Waals surface area contributed by atoms with Crippen LogP contribution in [-0.4, -0.2) is 23.2 Å². The van der Waals surface area contributed by atoms with Gasteiger partial charge in [-0.15, -0.1) is 0 Å². The SMILES string of the molecule is Cc1ccccc1CC(=O)NC1CC(O)C1. The first-order chi connectivity index (χ1) is 7.65. The van der Waals surface area contributed by atoms with Gasteiger partial charge in [0.15, 0.2) is 0 Å². The lowest BCUT2D eigenvalue weighted by Gasteiger charge is -2.32. The molecule has 0 bridgehead atoms.